The number of unbranched alkanes of at least 4 members (excludes halogenated alkanes) is 30. The summed E-state index contributed by atoms with van der Waals surface area (Å²) in [6.07, 6.45) is 47.0. The lowest BCUT2D eigenvalue weighted by Crippen LogP contribution is -2.00. The molecule has 348 valence electrons. The summed E-state index contributed by atoms with van der Waals surface area (Å²) in [6, 6.07) is 19.8. The predicted octanol–water partition coefficient (Wildman–Crippen LogP) is 18.1. The molecule has 0 aromatic heterocycles. The van der Waals surface area contributed by atoms with Crippen molar-refractivity contribution >= 4 is 0 Å². The number of hydrogen-bond donors (Lipinski definition) is 0. The third kappa shape index (κ3) is 36.4. The van der Waals surface area contributed by atoms with E-state index in [9.17, 15) is 0 Å². The van der Waals surface area contributed by atoms with Crippen molar-refractivity contribution in [3.63, 3.8) is 0 Å². The van der Waals surface area contributed by atoms with Crippen LogP contribution in [0.5, 0.6) is 0 Å². The van der Waals surface area contributed by atoms with E-state index >= 15 is 0 Å². The van der Waals surface area contributed by atoms with Crippen molar-refractivity contribution in [2.45, 2.75) is 245 Å². The molecule has 61 heavy (non-hydrogen) atoms. The van der Waals surface area contributed by atoms with E-state index in [1.807, 2.05) is 60.7 Å². The first kappa shape index (κ1) is 54.3. The van der Waals surface area contributed by atoms with Gasteiger partial charge in [0.1, 0.15) is 25.7 Å². The minimum absolute atomic E-state index is 0.283. The molecular formula is C54H90O7. The second-order valence-corrected chi connectivity index (χ2v) is 17.2. The van der Waals surface area contributed by atoms with Crippen LogP contribution in [-0.4, -0.2) is 0 Å². The second kappa shape index (κ2) is 43.8. The predicted molar refractivity (Wildman–Crippen MR) is 252 cm³/mol. The smallest absolute Gasteiger partial charge is 0.180 e. The summed E-state index contributed by atoms with van der Waals surface area (Å²) >= 11 is 0. The van der Waals surface area contributed by atoms with Crippen molar-refractivity contribution in [3.05, 3.63) is 95.8 Å². The van der Waals surface area contributed by atoms with Gasteiger partial charge in [0.15, 0.2) is 11.5 Å². The van der Waals surface area contributed by atoms with E-state index in [4.69, 9.17) is 34.4 Å². The number of benzene rings is 2. The highest BCUT2D eigenvalue weighted by Crippen LogP contribution is 2.19. The Labute approximate surface area is 374 Å². The van der Waals surface area contributed by atoms with E-state index in [0.29, 0.717) is 24.4 Å². The molecule has 0 atom stereocenters. The summed E-state index contributed by atoms with van der Waals surface area (Å²) in [4.78, 5) is 21.9. The highest BCUT2D eigenvalue weighted by atomic mass is 17.5. The Balaban J connectivity index is 1.73. The first-order valence-corrected chi connectivity index (χ1v) is 25.4. The zero-order valence-electron chi connectivity index (χ0n) is 39.2. The molecule has 0 heterocycles. The van der Waals surface area contributed by atoms with Gasteiger partial charge in [-0.15, -0.1) is 0 Å². The quantitative estimate of drug-likeness (QED) is 0.0284. The number of rotatable bonds is 46. The largest absolute Gasteiger partial charge is 0.465 e. The van der Waals surface area contributed by atoms with Gasteiger partial charge in [0.2, 0.25) is 0 Å². The van der Waals surface area contributed by atoms with Crippen LogP contribution in [0.1, 0.15) is 243 Å². The minimum Gasteiger partial charge on any atom is -0.465 e. The first-order chi connectivity index (χ1) is 30.3. The number of hydrogen-bond acceptors (Lipinski definition) is 7. The molecule has 0 amide bonds. The molecule has 0 radical (unpaired) electrons. The molecule has 0 saturated heterocycles. The van der Waals surface area contributed by atoms with E-state index in [-0.39, 0.29) is 13.2 Å². The van der Waals surface area contributed by atoms with Gasteiger partial charge in [-0.2, -0.15) is 9.78 Å². The molecule has 7 nitrogen and oxygen atoms in total. The van der Waals surface area contributed by atoms with Gasteiger partial charge in [-0.1, -0.05) is 267 Å². The Bertz CT molecular complexity index is 1140. The van der Waals surface area contributed by atoms with Crippen molar-refractivity contribution < 1.29 is 34.4 Å². The Kier molecular flexibility index (Phi) is 39.0. The maximum absolute atomic E-state index is 5.90. The van der Waals surface area contributed by atoms with Crippen LogP contribution in [-0.2, 0) is 47.6 Å². The van der Waals surface area contributed by atoms with Crippen molar-refractivity contribution in [1.29, 1.82) is 0 Å². The summed E-state index contributed by atoms with van der Waals surface area (Å²) in [6.45, 7) is 5.14. The molecule has 2 aromatic rings. The van der Waals surface area contributed by atoms with E-state index in [1.54, 1.807) is 12.5 Å². The van der Waals surface area contributed by atoms with Crippen LogP contribution in [0.3, 0.4) is 0 Å². The average Bonchev–Trinajstić information content (AvgIpc) is 3.29. The van der Waals surface area contributed by atoms with Gasteiger partial charge in [0, 0.05) is 12.8 Å². The molecule has 0 N–H and O–H groups in total. The lowest BCUT2D eigenvalue weighted by Gasteiger charge is -2.10. The van der Waals surface area contributed by atoms with Gasteiger partial charge in [-0.05, 0) is 34.0 Å². The summed E-state index contributed by atoms with van der Waals surface area (Å²) in [5, 5.41) is 10.4. The van der Waals surface area contributed by atoms with Crippen LogP contribution >= 0.6 is 0 Å². The minimum atomic E-state index is 0.283. The van der Waals surface area contributed by atoms with E-state index in [2.05, 4.69) is 13.8 Å². The van der Waals surface area contributed by atoms with Crippen molar-refractivity contribution in [2.24, 2.45) is 0 Å². The van der Waals surface area contributed by atoms with E-state index < -0.39 is 0 Å². The first-order valence-electron chi connectivity index (χ1n) is 25.4. The molecule has 0 bridgehead atoms. The average molecular weight is 851 g/mol. The fourth-order valence-corrected chi connectivity index (χ4v) is 7.59. The van der Waals surface area contributed by atoms with Gasteiger partial charge in [0.05, 0.1) is 0 Å². The Morgan fingerprint density at radius 2 is 0.607 bits per heavy atom. The van der Waals surface area contributed by atoms with Gasteiger partial charge in [0.25, 0.3) is 0 Å². The summed E-state index contributed by atoms with van der Waals surface area (Å²) < 4.78 is 5.90. The SMILES string of the molecule is CCCCCCCCCCCCCCCCCCC(=COC=C(CCCCCCCCCCCCCCCCCC)OOOCc1ccccc1)OOOCc1ccccc1. The van der Waals surface area contributed by atoms with Crippen LogP contribution in [0.25, 0.3) is 0 Å². The molecule has 7 heteroatoms. The van der Waals surface area contributed by atoms with Crippen molar-refractivity contribution in [3.8, 4) is 0 Å². The number of allylic oxidation sites excluding steroid dienone is 2. The fourth-order valence-electron chi connectivity index (χ4n) is 7.59. The van der Waals surface area contributed by atoms with Crippen LogP contribution < -0.4 is 0 Å². The molecule has 0 aliphatic carbocycles. The normalized spacial score (nSPS) is 12.0. The van der Waals surface area contributed by atoms with E-state index in [0.717, 1.165) is 36.8 Å². The Morgan fingerprint density at radius 1 is 0.344 bits per heavy atom. The second-order valence-electron chi connectivity index (χ2n) is 17.2. The molecule has 0 spiro atoms. The maximum atomic E-state index is 5.90. The number of ether oxygens (including phenoxy) is 1. The Morgan fingerprint density at radius 3 is 0.885 bits per heavy atom. The van der Waals surface area contributed by atoms with Crippen LogP contribution in [0, 0.1) is 0 Å². The molecule has 0 fully saturated rings. The van der Waals surface area contributed by atoms with Gasteiger partial charge < -0.3 is 14.5 Å². The lowest BCUT2D eigenvalue weighted by molar-refractivity contribution is -0.503. The lowest BCUT2D eigenvalue weighted by atomic mass is 10.0. The fraction of sp³-hybridized carbons (Fsp3) is 0.704. The molecular weight excluding hydrogens is 761 g/mol. The highest BCUT2D eigenvalue weighted by molar-refractivity contribution is 5.14. The molecule has 2 aromatic carbocycles. The molecule has 0 aliphatic heterocycles. The van der Waals surface area contributed by atoms with Crippen LogP contribution in [0.2, 0.25) is 0 Å². The van der Waals surface area contributed by atoms with Gasteiger partial charge in [-0.25, -0.2) is 0 Å². The molecule has 0 aliphatic rings. The standard InChI is InChI=1S/C54H90O7/c1-3-5-7-9-11-13-15-17-19-21-23-25-27-29-31-39-45-53(58-60-56-47-51-41-35-33-36-42-51)49-55-50-54(59-61-57-48-52-43-37-34-38-44-52)46-40-32-30-28-26-24-22-20-18-16-14-12-10-8-6-4-2/h33-38,41-44,49-50H,3-32,39-40,45-48H2,1-2H3. The topological polar surface area (TPSA) is 64.6 Å². The monoisotopic (exact) mass is 851 g/mol. The van der Waals surface area contributed by atoms with Crippen LogP contribution in [0.15, 0.2) is 84.7 Å². The molecule has 0 saturated carbocycles. The van der Waals surface area contributed by atoms with Gasteiger partial charge in [-0.3, -0.25) is 0 Å². The summed E-state index contributed by atoms with van der Waals surface area (Å²) in [5.74, 6) is 1.11. The van der Waals surface area contributed by atoms with Crippen molar-refractivity contribution in [2.75, 3.05) is 0 Å². The van der Waals surface area contributed by atoms with Crippen molar-refractivity contribution in [1.82, 2.24) is 0 Å². The third-order valence-corrected chi connectivity index (χ3v) is 11.5. The van der Waals surface area contributed by atoms with E-state index in [1.165, 1.54) is 180 Å². The third-order valence-electron chi connectivity index (χ3n) is 11.5. The highest BCUT2D eigenvalue weighted by Gasteiger charge is 2.07. The molecule has 2 rings (SSSR count). The zero-order chi connectivity index (χ0) is 43.2. The summed E-state index contributed by atoms with van der Waals surface area (Å²) in [7, 11) is 0. The van der Waals surface area contributed by atoms with Gasteiger partial charge >= 0.3 is 0 Å². The Hall–Kier alpha value is -2.84. The van der Waals surface area contributed by atoms with Crippen LogP contribution in [0.4, 0.5) is 0 Å². The zero-order valence-corrected chi connectivity index (χ0v) is 39.2. The summed E-state index contributed by atoms with van der Waals surface area (Å²) in [5.41, 5.74) is 2.00. The maximum Gasteiger partial charge on any atom is 0.180 e. The molecule has 0 unspecified atom stereocenters.